The van der Waals surface area contributed by atoms with E-state index in [1.54, 1.807) is 18.0 Å². The summed E-state index contributed by atoms with van der Waals surface area (Å²) in [6, 6.07) is 4.28. The Balaban J connectivity index is 2.06. The Morgan fingerprint density at radius 1 is 1.45 bits per heavy atom. The average molecular weight is 278 g/mol. The lowest BCUT2D eigenvalue weighted by atomic mass is 10.2. The van der Waals surface area contributed by atoms with Crippen LogP contribution in [0.15, 0.2) is 18.2 Å². The van der Waals surface area contributed by atoms with E-state index in [4.69, 9.17) is 5.73 Å². The van der Waals surface area contributed by atoms with Gasteiger partial charge in [0.15, 0.2) is 0 Å². The lowest BCUT2D eigenvalue weighted by Gasteiger charge is -2.23. The number of anilines is 2. The molecule has 2 rings (SSSR count). The lowest BCUT2D eigenvalue weighted by Crippen LogP contribution is -2.37. The number of likely N-dealkylation sites (tertiary alicyclic amines) is 1. The molecule has 1 aliphatic rings. The molecule has 0 saturated carbocycles. The first-order valence-corrected chi connectivity index (χ1v) is 6.52. The SMILES string of the molecule is CN(CC(=O)N1CCCC1)c1ccc([N+](=O)[O-])cc1N. The summed E-state index contributed by atoms with van der Waals surface area (Å²) in [5, 5.41) is 10.7. The summed E-state index contributed by atoms with van der Waals surface area (Å²) in [4.78, 5) is 25.8. The zero-order valence-corrected chi connectivity index (χ0v) is 11.4. The minimum absolute atomic E-state index is 0.0504. The fourth-order valence-corrected chi connectivity index (χ4v) is 2.36. The molecule has 1 amide bonds. The van der Waals surface area contributed by atoms with Crippen LogP contribution in [0.5, 0.6) is 0 Å². The number of non-ortho nitro benzene ring substituents is 1. The number of nitrogens with zero attached hydrogens (tertiary/aromatic N) is 3. The number of nitro groups is 1. The molecule has 0 aliphatic carbocycles. The summed E-state index contributed by atoms with van der Waals surface area (Å²) in [5.41, 5.74) is 6.70. The van der Waals surface area contributed by atoms with Gasteiger partial charge in [-0.05, 0) is 18.9 Å². The summed E-state index contributed by atoms with van der Waals surface area (Å²) in [7, 11) is 1.76. The molecule has 0 radical (unpaired) electrons. The van der Waals surface area contributed by atoms with Gasteiger partial charge in [0.25, 0.3) is 5.69 Å². The minimum atomic E-state index is -0.491. The first-order valence-electron chi connectivity index (χ1n) is 6.52. The van der Waals surface area contributed by atoms with Crippen LogP contribution >= 0.6 is 0 Å². The molecular formula is C13H18N4O3. The number of hydrogen-bond donors (Lipinski definition) is 1. The molecule has 1 heterocycles. The number of carbonyl (C=O) groups is 1. The Kier molecular flexibility index (Phi) is 4.07. The van der Waals surface area contributed by atoms with Crippen molar-refractivity contribution in [1.82, 2.24) is 4.90 Å². The number of amides is 1. The van der Waals surface area contributed by atoms with Crippen LogP contribution in [-0.4, -0.2) is 42.4 Å². The van der Waals surface area contributed by atoms with Crippen molar-refractivity contribution < 1.29 is 9.72 Å². The molecule has 7 heteroatoms. The number of likely N-dealkylation sites (N-methyl/N-ethyl adjacent to an activating group) is 1. The van der Waals surface area contributed by atoms with Crippen molar-refractivity contribution >= 4 is 23.0 Å². The van der Waals surface area contributed by atoms with E-state index in [1.165, 1.54) is 12.1 Å². The third-order valence-electron chi connectivity index (χ3n) is 3.46. The van der Waals surface area contributed by atoms with E-state index in [1.807, 2.05) is 4.90 Å². The minimum Gasteiger partial charge on any atom is -0.397 e. The van der Waals surface area contributed by atoms with Gasteiger partial charge < -0.3 is 15.5 Å². The highest BCUT2D eigenvalue weighted by Gasteiger charge is 2.20. The first kappa shape index (κ1) is 14.1. The van der Waals surface area contributed by atoms with Gasteiger partial charge in [-0.2, -0.15) is 0 Å². The van der Waals surface area contributed by atoms with Crippen LogP contribution in [0.1, 0.15) is 12.8 Å². The van der Waals surface area contributed by atoms with E-state index < -0.39 is 4.92 Å². The number of rotatable bonds is 4. The zero-order valence-electron chi connectivity index (χ0n) is 11.4. The summed E-state index contributed by atoms with van der Waals surface area (Å²) in [6.45, 7) is 1.84. The van der Waals surface area contributed by atoms with Crippen molar-refractivity contribution in [3.05, 3.63) is 28.3 Å². The van der Waals surface area contributed by atoms with Gasteiger partial charge in [0.1, 0.15) is 0 Å². The van der Waals surface area contributed by atoms with Crippen LogP contribution in [0.2, 0.25) is 0 Å². The number of nitrogen functional groups attached to an aromatic ring is 1. The van der Waals surface area contributed by atoms with Gasteiger partial charge in [-0.3, -0.25) is 14.9 Å². The van der Waals surface area contributed by atoms with Crippen LogP contribution < -0.4 is 10.6 Å². The van der Waals surface area contributed by atoms with Crippen molar-refractivity contribution in [3.8, 4) is 0 Å². The molecule has 2 N–H and O–H groups in total. The number of carbonyl (C=O) groups excluding carboxylic acids is 1. The average Bonchev–Trinajstić information content (AvgIpc) is 2.92. The van der Waals surface area contributed by atoms with E-state index in [2.05, 4.69) is 0 Å². The maximum Gasteiger partial charge on any atom is 0.271 e. The van der Waals surface area contributed by atoms with Crippen LogP contribution in [0.3, 0.4) is 0 Å². The van der Waals surface area contributed by atoms with Gasteiger partial charge in [-0.15, -0.1) is 0 Å². The second-order valence-corrected chi connectivity index (χ2v) is 4.94. The summed E-state index contributed by atoms with van der Waals surface area (Å²) >= 11 is 0. The Bertz CT molecular complexity index is 526. The molecule has 0 atom stereocenters. The predicted molar refractivity (Wildman–Crippen MR) is 76.6 cm³/mol. The van der Waals surface area contributed by atoms with Gasteiger partial charge in [0, 0.05) is 32.3 Å². The summed E-state index contributed by atoms with van der Waals surface area (Å²) < 4.78 is 0. The largest absolute Gasteiger partial charge is 0.397 e. The van der Waals surface area contributed by atoms with Gasteiger partial charge in [0.2, 0.25) is 5.91 Å². The fourth-order valence-electron chi connectivity index (χ4n) is 2.36. The third-order valence-corrected chi connectivity index (χ3v) is 3.46. The smallest absolute Gasteiger partial charge is 0.271 e. The molecule has 0 aromatic heterocycles. The Labute approximate surface area is 117 Å². The van der Waals surface area contributed by atoms with Crippen LogP contribution in [-0.2, 0) is 4.79 Å². The molecular weight excluding hydrogens is 260 g/mol. The fraction of sp³-hybridized carbons (Fsp3) is 0.462. The molecule has 1 aromatic rings. The molecule has 0 bridgehead atoms. The number of benzene rings is 1. The predicted octanol–water partition coefficient (Wildman–Crippen LogP) is 1.24. The van der Waals surface area contributed by atoms with Crippen LogP contribution in [0.25, 0.3) is 0 Å². The monoisotopic (exact) mass is 278 g/mol. The van der Waals surface area contributed by atoms with Gasteiger partial charge >= 0.3 is 0 Å². The number of hydrogen-bond acceptors (Lipinski definition) is 5. The van der Waals surface area contributed by atoms with Crippen molar-refractivity contribution in [2.24, 2.45) is 0 Å². The van der Waals surface area contributed by atoms with Crippen LogP contribution in [0, 0.1) is 10.1 Å². The number of nitro benzene ring substituents is 1. The molecule has 0 spiro atoms. The van der Waals surface area contributed by atoms with Gasteiger partial charge in [0.05, 0.1) is 22.8 Å². The number of nitrogens with two attached hydrogens (primary N) is 1. The van der Waals surface area contributed by atoms with Gasteiger partial charge in [-0.25, -0.2) is 0 Å². The molecule has 20 heavy (non-hydrogen) atoms. The highest BCUT2D eigenvalue weighted by atomic mass is 16.6. The van der Waals surface area contributed by atoms with Crippen molar-refractivity contribution in [1.29, 1.82) is 0 Å². The highest BCUT2D eigenvalue weighted by molar-refractivity contribution is 5.83. The Hall–Kier alpha value is -2.31. The standard InChI is InChI=1S/C13H18N4O3/c1-15(9-13(18)16-6-2-3-7-16)12-5-4-10(17(19)20)8-11(12)14/h4-5,8H,2-3,6-7,9,14H2,1H3. The van der Waals surface area contributed by atoms with Crippen molar-refractivity contribution in [2.75, 3.05) is 37.3 Å². The lowest BCUT2D eigenvalue weighted by molar-refractivity contribution is -0.384. The first-order chi connectivity index (χ1) is 9.49. The summed E-state index contributed by atoms with van der Waals surface area (Å²) in [5.74, 6) is 0.0581. The quantitative estimate of drug-likeness (QED) is 0.508. The highest BCUT2D eigenvalue weighted by Crippen LogP contribution is 2.26. The maximum atomic E-state index is 12.1. The molecule has 1 aromatic carbocycles. The molecule has 7 nitrogen and oxygen atoms in total. The Morgan fingerprint density at radius 3 is 2.65 bits per heavy atom. The maximum absolute atomic E-state index is 12.1. The van der Waals surface area contributed by atoms with E-state index in [9.17, 15) is 14.9 Å². The second-order valence-electron chi connectivity index (χ2n) is 4.94. The topological polar surface area (TPSA) is 92.7 Å². The second kappa shape index (κ2) is 5.77. The van der Waals surface area contributed by atoms with E-state index in [-0.39, 0.29) is 18.1 Å². The molecule has 0 unspecified atom stereocenters. The van der Waals surface area contributed by atoms with Gasteiger partial charge in [-0.1, -0.05) is 0 Å². The van der Waals surface area contributed by atoms with E-state index in [0.29, 0.717) is 11.4 Å². The molecule has 1 aliphatic heterocycles. The van der Waals surface area contributed by atoms with E-state index >= 15 is 0 Å². The summed E-state index contributed by atoms with van der Waals surface area (Å²) in [6.07, 6.45) is 2.10. The zero-order chi connectivity index (χ0) is 14.7. The van der Waals surface area contributed by atoms with Crippen LogP contribution in [0.4, 0.5) is 17.1 Å². The Morgan fingerprint density at radius 2 is 2.10 bits per heavy atom. The molecule has 1 saturated heterocycles. The molecule has 1 fully saturated rings. The normalized spacial score (nSPS) is 14.3. The van der Waals surface area contributed by atoms with Crippen molar-refractivity contribution in [3.63, 3.8) is 0 Å². The van der Waals surface area contributed by atoms with E-state index in [0.717, 1.165) is 25.9 Å². The van der Waals surface area contributed by atoms with Crippen molar-refractivity contribution in [2.45, 2.75) is 12.8 Å². The molecule has 108 valence electrons. The third kappa shape index (κ3) is 2.98.